The fourth-order valence-electron chi connectivity index (χ4n) is 2.92. The normalized spacial score (nSPS) is 28.3. The first-order chi connectivity index (χ1) is 9.07. The lowest BCUT2D eigenvalue weighted by Gasteiger charge is -2.33. The van der Waals surface area contributed by atoms with Crippen LogP contribution in [0, 0.1) is 11.7 Å². The van der Waals surface area contributed by atoms with Gasteiger partial charge in [-0.1, -0.05) is 0 Å². The Morgan fingerprint density at radius 3 is 3.00 bits per heavy atom. The summed E-state index contributed by atoms with van der Waals surface area (Å²) in [4.78, 5) is 3.56. The van der Waals surface area contributed by atoms with Crippen molar-refractivity contribution in [3.05, 3.63) is 24.3 Å². The number of piperidine rings is 1. The molecule has 1 aromatic rings. The van der Waals surface area contributed by atoms with Crippen LogP contribution in [0.1, 0.15) is 12.8 Å². The zero-order chi connectivity index (χ0) is 13.5. The minimum Gasteiger partial charge on any atom is -0.314 e. The summed E-state index contributed by atoms with van der Waals surface area (Å²) in [7, 11) is -3.62. The van der Waals surface area contributed by atoms with Crippen molar-refractivity contribution in [2.24, 2.45) is 5.92 Å². The van der Waals surface area contributed by atoms with Gasteiger partial charge in [0.2, 0.25) is 10.0 Å². The van der Waals surface area contributed by atoms with Crippen molar-refractivity contribution in [1.29, 1.82) is 0 Å². The van der Waals surface area contributed by atoms with Crippen molar-refractivity contribution in [2.45, 2.75) is 23.8 Å². The molecule has 19 heavy (non-hydrogen) atoms. The molecule has 0 aromatic carbocycles. The maximum absolute atomic E-state index is 13.1. The molecule has 2 atom stereocenters. The molecule has 0 radical (unpaired) electrons. The third kappa shape index (κ3) is 2.37. The zero-order valence-corrected chi connectivity index (χ0v) is 11.2. The first-order valence-corrected chi connectivity index (χ1v) is 7.85. The van der Waals surface area contributed by atoms with Gasteiger partial charge in [0.25, 0.3) is 0 Å². The predicted octanol–water partition coefficient (Wildman–Crippen LogP) is 0.593. The number of pyridine rings is 1. The highest BCUT2D eigenvalue weighted by Crippen LogP contribution is 2.28. The van der Waals surface area contributed by atoms with E-state index in [1.165, 1.54) is 10.5 Å². The molecule has 0 bridgehead atoms. The van der Waals surface area contributed by atoms with Gasteiger partial charge in [0.05, 0.1) is 6.20 Å². The van der Waals surface area contributed by atoms with E-state index in [1.807, 2.05) is 0 Å². The summed E-state index contributed by atoms with van der Waals surface area (Å²) in [6.45, 7) is 1.94. The number of nitrogens with zero attached hydrogens (tertiary/aromatic N) is 2. The Labute approximate surface area is 111 Å². The predicted molar refractivity (Wildman–Crippen MR) is 67.5 cm³/mol. The smallest absolute Gasteiger partial charge is 0.244 e. The number of hydrogen-bond donors (Lipinski definition) is 1. The van der Waals surface area contributed by atoms with E-state index in [9.17, 15) is 12.8 Å². The van der Waals surface area contributed by atoms with Crippen molar-refractivity contribution < 1.29 is 12.8 Å². The highest BCUT2D eigenvalue weighted by Gasteiger charge is 2.37. The summed E-state index contributed by atoms with van der Waals surface area (Å²) >= 11 is 0. The van der Waals surface area contributed by atoms with Crippen LogP contribution in [-0.4, -0.2) is 43.4 Å². The first kappa shape index (κ1) is 13.0. The Kier molecular flexibility index (Phi) is 3.28. The molecule has 2 saturated heterocycles. The minimum absolute atomic E-state index is 0.0584. The second kappa shape index (κ2) is 4.81. The first-order valence-electron chi connectivity index (χ1n) is 6.41. The lowest BCUT2D eigenvalue weighted by Crippen LogP contribution is -2.46. The van der Waals surface area contributed by atoms with Crippen LogP contribution in [0.3, 0.4) is 0 Å². The number of sulfonamides is 1. The number of halogens is 1. The molecule has 1 aromatic heterocycles. The molecule has 104 valence electrons. The van der Waals surface area contributed by atoms with E-state index in [1.54, 1.807) is 0 Å². The van der Waals surface area contributed by atoms with Gasteiger partial charge in [0.15, 0.2) is 0 Å². The molecule has 1 N–H and O–H groups in total. The molecule has 5 nitrogen and oxygen atoms in total. The average Bonchev–Trinajstić information content (AvgIpc) is 2.85. The van der Waals surface area contributed by atoms with Crippen LogP contribution in [0.4, 0.5) is 4.39 Å². The van der Waals surface area contributed by atoms with E-state index in [4.69, 9.17) is 0 Å². The molecule has 2 fully saturated rings. The van der Waals surface area contributed by atoms with E-state index >= 15 is 0 Å². The standard InChI is InChI=1S/C12H16FN3O2S/c13-10-5-11(7-14-6-10)19(17,18)16-4-2-12-9(8-16)1-3-15-12/h5-7,9,12,15H,1-4,8H2. The SMILES string of the molecule is O=S(=O)(c1cncc(F)c1)N1CCC2NCCC2C1. The summed E-state index contributed by atoms with van der Waals surface area (Å²) < 4.78 is 39.4. The largest absolute Gasteiger partial charge is 0.314 e. The minimum atomic E-state index is -3.62. The van der Waals surface area contributed by atoms with E-state index in [0.29, 0.717) is 25.0 Å². The highest BCUT2D eigenvalue weighted by atomic mass is 32.2. The molecular formula is C12H16FN3O2S. The second-order valence-corrected chi connectivity index (χ2v) is 7.04. The Bertz CT molecular complexity index is 578. The van der Waals surface area contributed by atoms with Gasteiger partial charge < -0.3 is 5.32 Å². The molecule has 2 aliphatic heterocycles. The van der Waals surface area contributed by atoms with Crippen LogP contribution in [0.15, 0.2) is 23.4 Å². The topological polar surface area (TPSA) is 62.3 Å². The molecule has 0 amide bonds. The molecule has 0 saturated carbocycles. The van der Waals surface area contributed by atoms with Gasteiger partial charge in [0, 0.05) is 25.3 Å². The van der Waals surface area contributed by atoms with Crippen molar-refractivity contribution in [1.82, 2.24) is 14.6 Å². The van der Waals surface area contributed by atoms with Crippen molar-refractivity contribution in [3.63, 3.8) is 0 Å². The lowest BCUT2D eigenvalue weighted by molar-refractivity contribution is 0.247. The molecule has 7 heteroatoms. The van der Waals surface area contributed by atoms with Crippen molar-refractivity contribution in [3.8, 4) is 0 Å². The van der Waals surface area contributed by atoms with Crippen LogP contribution in [0.2, 0.25) is 0 Å². The third-order valence-corrected chi connectivity index (χ3v) is 5.77. The number of nitrogens with one attached hydrogen (secondary N) is 1. The Hall–Kier alpha value is -1.05. The highest BCUT2D eigenvalue weighted by molar-refractivity contribution is 7.89. The molecule has 0 spiro atoms. The fourth-order valence-corrected chi connectivity index (χ4v) is 4.40. The van der Waals surface area contributed by atoms with Crippen molar-refractivity contribution in [2.75, 3.05) is 19.6 Å². The van der Waals surface area contributed by atoms with E-state index < -0.39 is 15.8 Å². The van der Waals surface area contributed by atoms with Crippen LogP contribution in [0.5, 0.6) is 0 Å². The molecule has 3 rings (SSSR count). The van der Waals surface area contributed by atoms with Gasteiger partial charge >= 0.3 is 0 Å². The maximum Gasteiger partial charge on any atom is 0.244 e. The van der Waals surface area contributed by atoms with E-state index in [-0.39, 0.29) is 4.90 Å². The van der Waals surface area contributed by atoms with Gasteiger partial charge in [-0.15, -0.1) is 0 Å². The molecule has 2 aliphatic rings. The summed E-state index contributed by atoms with van der Waals surface area (Å²) in [6.07, 6.45) is 4.02. The third-order valence-electron chi connectivity index (χ3n) is 3.94. The number of fused-ring (bicyclic) bond motifs is 1. The van der Waals surface area contributed by atoms with Crippen LogP contribution in [-0.2, 0) is 10.0 Å². The monoisotopic (exact) mass is 285 g/mol. The van der Waals surface area contributed by atoms with Crippen LogP contribution >= 0.6 is 0 Å². The van der Waals surface area contributed by atoms with Gasteiger partial charge in [-0.05, 0) is 31.4 Å². The van der Waals surface area contributed by atoms with Crippen molar-refractivity contribution >= 4 is 10.0 Å². The maximum atomic E-state index is 13.1. The summed E-state index contributed by atoms with van der Waals surface area (Å²) in [5.74, 6) is -0.261. The Morgan fingerprint density at radius 1 is 1.37 bits per heavy atom. The van der Waals surface area contributed by atoms with E-state index in [2.05, 4.69) is 10.3 Å². The molecule has 2 unspecified atom stereocenters. The Morgan fingerprint density at radius 2 is 2.21 bits per heavy atom. The van der Waals surface area contributed by atoms with Gasteiger partial charge in [-0.3, -0.25) is 4.98 Å². The van der Waals surface area contributed by atoms with E-state index in [0.717, 1.165) is 31.6 Å². The molecule has 0 aliphatic carbocycles. The number of aromatic nitrogens is 1. The number of hydrogen-bond acceptors (Lipinski definition) is 4. The fraction of sp³-hybridized carbons (Fsp3) is 0.583. The number of rotatable bonds is 2. The summed E-state index contributed by atoms with van der Waals surface area (Å²) in [5.41, 5.74) is 0. The lowest BCUT2D eigenvalue weighted by atomic mass is 9.95. The van der Waals surface area contributed by atoms with Crippen LogP contribution in [0.25, 0.3) is 0 Å². The molecule has 3 heterocycles. The summed E-state index contributed by atoms with van der Waals surface area (Å²) in [6, 6.07) is 1.46. The van der Waals surface area contributed by atoms with Gasteiger partial charge in [-0.2, -0.15) is 4.31 Å². The quantitative estimate of drug-likeness (QED) is 0.864. The zero-order valence-electron chi connectivity index (χ0n) is 10.4. The van der Waals surface area contributed by atoms with Gasteiger partial charge in [-0.25, -0.2) is 12.8 Å². The Balaban J connectivity index is 1.85. The average molecular weight is 285 g/mol. The van der Waals surface area contributed by atoms with Gasteiger partial charge in [0.1, 0.15) is 10.7 Å². The molecular weight excluding hydrogens is 269 g/mol. The summed E-state index contributed by atoms with van der Waals surface area (Å²) in [5, 5.41) is 3.39. The second-order valence-electron chi connectivity index (χ2n) is 5.10. The van der Waals surface area contributed by atoms with Crippen LogP contribution < -0.4 is 5.32 Å².